The quantitative estimate of drug-likeness (QED) is 0.411. The molecular formula is C3H7NO4S. The van der Waals surface area contributed by atoms with Crippen LogP contribution >= 0.6 is 0 Å². The third-order valence-corrected chi connectivity index (χ3v) is 0.763. The zero-order valence-electron chi connectivity index (χ0n) is 4.79. The van der Waals surface area contributed by atoms with Gasteiger partial charge in [-0.3, -0.25) is 4.79 Å². The lowest BCUT2D eigenvalue weighted by atomic mass is 10.8. The molecule has 0 aromatic carbocycles. The molecule has 0 fully saturated rings. The van der Waals surface area contributed by atoms with Crippen molar-refractivity contribution >= 4 is 17.0 Å². The fraction of sp³-hybridized carbons (Fsp3) is 0.667. The highest BCUT2D eigenvalue weighted by Crippen LogP contribution is 1.70. The van der Waals surface area contributed by atoms with Crippen LogP contribution in [0.2, 0.25) is 0 Å². The van der Waals surface area contributed by atoms with Gasteiger partial charge in [0, 0.05) is 6.92 Å². The zero-order chi connectivity index (χ0) is 7.28. The summed E-state index contributed by atoms with van der Waals surface area (Å²) in [6, 6.07) is 0. The summed E-state index contributed by atoms with van der Waals surface area (Å²) in [5.74, 6) is -0.806. The van der Waals surface area contributed by atoms with E-state index in [-0.39, 0.29) is 5.88 Å². The first-order valence-electron chi connectivity index (χ1n) is 2.10. The van der Waals surface area contributed by atoms with Crippen LogP contribution in [0.3, 0.4) is 0 Å². The minimum Gasteiger partial charge on any atom is -0.370 e. The predicted octanol–water partition coefficient (Wildman–Crippen LogP) is -0.767. The third-order valence-electron chi connectivity index (χ3n) is 0.398. The van der Waals surface area contributed by atoms with Gasteiger partial charge < -0.3 is 9.39 Å². The van der Waals surface area contributed by atoms with Crippen LogP contribution in [-0.2, 0) is 20.7 Å². The maximum Gasteiger partial charge on any atom is 0.321 e. The molecular weight excluding hydrogens is 146 g/mol. The fourth-order valence-corrected chi connectivity index (χ4v) is 0.341. The van der Waals surface area contributed by atoms with Crippen LogP contribution in [-0.4, -0.2) is 20.6 Å². The van der Waals surface area contributed by atoms with Crippen LogP contribution in [0.15, 0.2) is 0 Å². The second-order valence-corrected chi connectivity index (χ2v) is 2.14. The molecule has 9 heavy (non-hydrogen) atoms. The Kier molecular flexibility index (Phi) is 4.20. The van der Waals surface area contributed by atoms with Gasteiger partial charge >= 0.3 is 5.97 Å². The largest absolute Gasteiger partial charge is 0.370 e. The van der Waals surface area contributed by atoms with E-state index in [1.165, 1.54) is 6.92 Å². The Morgan fingerprint density at radius 2 is 2.44 bits per heavy atom. The summed E-state index contributed by atoms with van der Waals surface area (Å²) in [5, 5.41) is 0. The molecule has 0 radical (unpaired) electrons. The van der Waals surface area contributed by atoms with E-state index >= 15 is 0 Å². The van der Waals surface area contributed by atoms with E-state index in [4.69, 9.17) is 4.55 Å². The van der Waals surface area contributed by atoms with Crippen LogP contribution in [0.25, 0.3) is 0 Å². The molecule has 0 bridgehead atoms. The van der Waals surface area contributed by atoms with Crippen LogP contribution in [0, 0.1) is 0 Å². The lowest BCUT2D eigenvalue weighted by Crippen LogP contribution is -2.21. The van der Waals surface area contributed by atoms with E-state index < -0.39 is 17.0 Å². The molecule has 0 saturated carbocycles. The van der Waals surface area contributed by atoms with Crippen molar-refractivity contribution in [2.75, 3.05) is 5.88 Å². The molecule has 0 amide bonds. The average Bonchev–Trinajstić information content (AvgIpc) is 1.63. The monoisotopic (exact) mass is 153 g/mol. The fourth-order valence-electron chi connectivity index (χ4n) is 0.182. The van der Waals surface area contributed by atoms with Crippen molar-refractivity contribution in [3.05, 3.63) is 0 Å². The number of hydroxylamine groups is 1. The molecule has 0 aliphatic heterocycles. The predicted molar refractivity (Wildman–Crippen MR) is 30.5 cm³/mol. The van der Waals surface area contributed by atoms with Gasteiger partial charge in [-0.2, -0.15) is 0 Å². The van der Waals surface area contributed by atoms with Gasteiger partial charge in [0.05, 0.1) is 0 Å². The molecule has 0 spiro atoms. The first-order chi connectivity index (χ1) is 4.13. The smallest absolute Gasteiger partial charge is 0.321 e. The van der Waals surface area contributed by atoms with Crippen LogP contribution < -0.4 is 5.48 Å². The molecule has 1 unspecified atom stereocenters. The number of carbonyl (C=O) groups is 1. The summed E-state index contributed by atoms with van der Waals surface area (Å²) >= 11 is -1.97. The highest BCUT2D eigenvalue weighted by Gasteiger charge is 1.93. The Hall–Kier alpha value is -0.460. The van der Waals surface area contributed by atoms with Crippen LogP contribution in [0.1, 0.15) is 6.92 Å². The molecule has 0 aromatic heterocycles. The van der Waals surface area contributed by atoms with E-state index in [1.807, 2.05) is 5.48 Å². The minimum atomic E-state index is -1.97. The lowest BCUT2D eigenvalue weighted by molar-refractivity contribution is -0.147. The molecule has 2 N–H and O–H groups in total. The van der Waals surface area contributed by atoms with E-state index in [9.17, 15) is 9.00 Å². The van der Waals surface area contributed by atoms with E-state index in [0.29, 0.717) is 0 Å². The van der Waals surface area contributed by atoms with Gasteiger partial charge in [0.25, 0.3) is 0 Å². The van der Waals surface area contributed by atoms with Crippen molar-refractivity contribution in [2.24, 2.45) is 0 Å². The highest BCUT2D eigenvalue weighted by molar-refractivity contribution is 7.79. The van der Waals surface area contributed by atoms with Crippen molar-refractivity contribution in [3.8, 4) is 0 Å². The summed E-state index contributed by atoms with van der Waals surface area (Å²) in [7, 11) is 0. The Morgan fingerprint density at radius 3 is 2.78 bits per heavy atom. The van der Waals surface area contributed by atoms with Gasteiger partial charge in [-0.25, -0.2) is 4.21 Å². The molecule has 6 heteroatoms. The van der Waals surface area contributed by atoms with Crippen molar-refractivity contribution < 1.29 is 18.4 Å². The maximum absolute atomic E-state index is 9.96. The normalized spacial score (nSPS) is 12.7. The number of hydrogen-bond donors (Lipinski definition) is 2. The van der Waals surface area contributed by atoms with Crippen molar-refractivity contribution in [2.45, 2.75) is 6.92 Å². The Labute approximate surface area is 54.6 Å². The molecule has 0 aromatic rings. The molecule has 0 rings (SSSR count). The van der Waals surface area contributed by atoms with Gasteiger partial charge in [0.15, 0.2) is 11.1 Å². The van der Waals surface area contributed by atoms with Crippen molar-refractivity contribution in [1.29, 1.82) is 0 Å². The Balaban J connectivity index is 3.10. The van der Waals surface area contributed by atoms with E-state index in [2.05, 4.69) is 4.84 Å². The van der Waals surface area contributed by atoms with Crippen molar-refractivity contribution in [1.82, 2.24) is 5.48 Å². The van der Waals surface area contributed by atoms with Crippen LogP contribution in [0.5, 0.6) is 0 Å². The molecule has 0 aliphatic rings. The molecule has 0 saturated heterocycles. The van der Waals surface area contributed by atoms with Gasteiger partial charge in [-0.15, -0.1) is 5.48 Å². The number of nitrogens with one attached hydrogen (secondary N) is 1. The summed E-state index contributed by atoms with van der Waals surface area (Å²) in [4.78, 5) is 14.1. The molecule has 0 aliphatic carbocycles. The molecule has 1 atom stereocenters. The van der Waals surface area contributed by atoms with Gasteiger partial charge in [-0.05, 0) is 0 Å². The topological polar surface area (TPSA) is 75.6 Å². The molecule has 54 valence electrons. The number of hydrogen-bond acceptors (Lipinski definition) is 4. The Bertz CT molecular complexity index is 111. The summed E-state index contributed by atoms with van der Waals surface area (Å²) in [6.07, 6.45) is 0. The minimum absolute atomic E-state index is 0.264. The summed E-state index contributed by atoms with van der Waals surface area (Å²) < 4.78 is 17.9. The van der Waals surface area contributed by atoms with E-state index in [0.717, 1.165) is 0 Å². The standard InChI is InChI=1S/C3H7NO4S/c1-3(5)8-4-2-9(6)7/h4H,2H2,1H3,(H,6,7). The van der Waals surface area contributed by atoms with E-state index in [1.54, 1.807) is 0 Å². The number of carbonyl (C=O) groups excluding carboxylic acids is 1. The Morgan fingerprint density at radius 1 is 1.89 bits per heavy atom. The van der Waals surface area contributed by atoms with Crippen molar-refractivity contribution in [3.63, 3.8) is 0 Å². The average molecular weight is 153 g/mol. The second kappa shape index (κ2) is 4.42. The second-order valence-electron chi connectivity index (χ2n) is 1.20. The summed E-state index contributed by atoms with van der Waals surface area (Å²) in [6.45, 7) is 1.19. The van der Waals surface area contributed by atoms with Gasteiger partial charge in [-0.1, -0.05) is 0 Å². The first-order valence-corrected chi connectivity index (χ1v) is 3.38. The lowest BCUT2D eigenvalue weighted by Gasteiger charge is -1.97. The zero-order valence-corrected chi connectivity index (χ0v) is 5.60. The highest BCUT2D eigenvalue weighted by atomic mass is 32.2. The van der Waals surface area contributed by atoms with Gasteiger partial charge in [0.2, 0.25) is 0 Å². The van der Waals surface area contributed by atoms with Crippen LogP contribution in [0.4, 0.5) is 0 Å². The summed E-state index contributed by atoms with van der Waals surface area (Å²) in [5.41, 5.74) is 1.98. The maximum atomic E-state index is 9.96. The first kappa shape index (κ1) is 8.54. The van der Waals surface area contributed by atoms with Gasteiger partial charge in [0.1, 0.15) is 5.88 Å². The number of rotatable bonds is 3. The SMILES string of the molecule is CC(=O)ONCS(=O)O. The molecule has 5 nitrogen and oxygen atoms in total. The molecule has 0 heterocycles. The third kappa shape index (κ3) is 7.54.